The normalized spacial score (nSPS) is 17.5. The van der Waals surface area contributed by atoms with Gasteiger partial charge < -0.3 is 10.1 Å². The van der Waals surface area contributed by atoms with Crippen molar-refractivity contribution in [3.8, 4) is 5.75 Å². The molecule has 1 fully saturated rings. The smallest absolute Gasteiger partial charge is 0.234 e. The van der Waals surface area contributed by atoms with Gasteiger partial charge in [-0.2, -0.15) is 0 Å². The molecule has 1 aromatic carbocycles. The van der Waals surface area contributed by atoms with Crippen LogP contribution >= 0.6 is 15.9 Å². The topological polar surface area (TPSA) is 44.8 Å². The number of nitrogens with one attached hydrogen (secondary N) is 1. The summed E-state index contributed by atoms with van der Waals surface area (Å²) in [6.45, 7) is 10.1. The number of rotatable bonds is 8. The van der Waals surface area contributed by atoms with Gasteiger partial charge in [-0.25, -0.2) is 0 Å². The second-order valence-electron chi connectivity index (χ2n) is 6.30. The van der Waals surface area contributed by atoms with E-state index in [-0.39, 0.29) is 11.9 Å². The Labute approximate surface area is 153 Å². The van der Waals surface area contributed by atoms with E-state index in [1.165, 1.54) is 0 Å². The van der Waals surface area contributed by atoms with E-state index in [9.17, 15) is 4.79 Å². The lowest BCUT2D eigenvalue weighted by atomic mass is 10.2. The minimum Gasteiger partial charge on any atom is -0.492 e. The van der Waals surface area contributed by atoms with Gasteiger partial charge in [0.2, 0.25) is 5.91 Å². The van der Waals surface area contributed by atoms with Crippen molar-refractivity contribution < 1.29 is 9.53 Å². The first-order valence-corrected chi connectivity index (χ1v) is 9.48. The zero-order valence-corrected chi connectivity index (χ0v) is 16.2. The van der Waals surface area contributed by atoms with Gasteiger partial charge in [-0.05, 0) is 31.5 Å². The fraction of sp³-hybridized carbons (Fsp3) is 0.611. The molecule has 6 heteroatoms. The van der Waals surface area contributed by atoms with E-state index in [1.54, 1.807) is 0 Å². The van der Waals surface area contributed by atoms with Gasteiger partial charge >= 0.3 is 0 Å². The summed E-state index contributed by atoms with van der Waals surface area (Å²) in [5.41, 5.74) is 0. The fourth-order valence-electron chi connectivity index (χ4n) is 2.65. The number of hydrogen-bond donors (Lipinski definition) is 1. The van der Waals surface area contributed by atoms with E-state index in [1.807, 2.05) is 31.2 Å². The molecule has 1 saturated heterocycles. The Morgan fingerprint density at radius 3 is 2.67 bits per heavy atom. The summed E-state index contributed by atoms with van der Waals surface area (Å²) in [7, 11) is 0. The summed E-state index contributed by atoms with van der Waals surface area (Å²) in [6, 6.07) is 8.17. The van der Waals surface area contributed by atoms with Crippen molar-refractivity contribution in [1.82, 2.24) is 15.1 Å². The number of amides is 1. The maximum Gasteiger partial charge on any atom is 0.234 e. The molecule has 1 amide bonds. The first-order chi connectivity index (χ1) is 11.6. The van der Waals surface area contributed by atoms with E-state index in [0.29, 0.717) is 13.2 Å². The Balaban J connectivity index is 1.61. The molecule has 1 aliphatic heterocycles. The van der Waals surface area contributed by atoms with Crippen LogP contribution in [0.1, 0.15) is 20.3 Å². The lowest BCUT2D eigenvalue weighted by Crippen LogP contribution is -2.50. The third-order valence-corrected chi connectivity index (χ3v) is 4.82. The molecule has 24 heavy (non-hydrogen) atoms. The van der Waals surface area contributed by atoms with Crippen molar-refractivity contribution in [1.29, 1.82) is 0 Å². The molecule has 5 nitrogen and oxygen atoms in total. The largest absolute Gasteiger partial charge is 0.492 e. The summed E-state index contributed by atoms with van der Waals surface area (Å²) >= 11 is 3.45. The van der Waals surface area contributed by atoms with Crippen molar-refractivity contribution in [2.24, 2.45) is 0 Å². The molecule has 0 aliphatic carbocycles. The molecule has 134 valence electrons. The summed E-state index contributed by atoms with van der Waals surface area (Å²) in [5.74, 6) is 1.03. The number of nitrogens with zero attached hydrogens (tertiary/aromatic N) is 2. The molecule has 0 spiro atoms. The van der Waals surface area contributed by atoms with Crippen LogP contribution in [-0.2, 0) is 4.79 Å². The Hall–Kier alpha value is -1.11. The molecule has 1 atom stereocenters. The molecule has 2 rings (SSSR count). The Kier molecular flexibility index (Phi) is 8.02. The molecule has 1 aromatic rings. The van der Waals surface area contributed by atoms with Gasteiger partial charge in [0.1, 0.15) is 12.4 Å². The number of piperazine rings is 1. The lowest BCUT2D eigenvalue weighted by Gasteiger charge is -2.34. The highest BCUT2D eigenvalue weighted by Crippen LogP contribution is 2.17. The summed E-state index contributed by atoms with van der Waals surface area (Å²) in [6.07, 6.45) is 0.970. The molecule has 0 saturated carbocycles. The second-order valence-corrected chi connectivity index (χ2v) is 7.22. The predicted molar refractivity (Wildman–Crippen MR) is 100 cm³/mol. The minimum absolute atomic E-state index is 0.135. The lowest BCUT2D eigenvalue weighted by molar-refractivity contribution is -0.123. The van der Waals surface area contributed by atoms with Crippen LogP contribution in [0.15, 0.2) is 28.7 Å². The van der Waals surface area contributed by atoms with Crippen LogP contribution < -0.4 is 10.1 Å². The first kappa shape index (κ1) is 19.2. The minimum atomic E-state index is 0.135. The van der Waals surface area contributed by atoms with Crippen molar-refractivity contribution in [3.05, 3.63) is 28.7 Å². The van der Waals surface area contributed by atoms with Crippen molar-refractivity contribution in [2.45, 2.75) is 26.3 Å². The third kappa shape index (κ3) is 6.79. The highest BCUT2D eigenvalue weighted by atomic mass is 79.9. The first-order valence-electron chi connectivity index (χ1n) is 8.69. The standard InChI is InChI=1S/C18H28BrN3O2/c1-3-15(2)20-18(23)14-22-9-7-21(8-10-22)11-12-24-17-6-4-5-16(19)13-17/h4-6,13,15H,3,7-12,14H2,1-2H3,(H,20,23). The van der Waals surface area contributed by atoms with Crippen LogP contribution in [0.2, 0.25) is 0 Å². The van der Waals surface area contributed by atoms with E-state index in [2.05, 4.69) is 38.0 Å². The van der Waals surface area contributed by atoms with Crippen LogP contribution in [0.3, 0.4) is 0 Å². The number of benzene rings is 1. The van der Waals surface area contributed by atoms with Crippen LogP contribution in [0.4, 0.5) is 0 Å². The zero-order valence-electron chi connectivity index (χ0n) is 14.6. The highest BCUT2D eigenvalue weighted by Gasteiger charge is 2.19. The summed E-state index contributed by atoms with van der Waals surface area (Å²) in [5, 5.41) is 3.03. The van der Waals surface area contributed by atoms with E-state index in [0.717, 1.165) is 49.4 Å². The number of carbonyl (C=O) groups is 1. The van der Waals surface area contributed by atoms with Gasteiger partial charge in [0, 0.05) is 43.2 Å². The van der Waals surface area contributed by atoms with Crippen LogP contribution in [-0.4, -0.2) is 67.6 Å². The van der Waals surface area contributed by atoms with Crippen molar-refractivity contribution in [2.75, 3.05) is 45.9 Å². The highest BCUT2D eigenvalue weighted by molar-refractivity contribution is 9.10. The molecule has 1 N–H and O–H groups in total. The predicted octanol–water partition coefficient (Wildman–Crippen LogP) is 2.36. The Bertz CT molecular complexity index is 519. The number of hydrogen-bond acceptors (Lipinski definition) is 4. The maximum atomic E-state index is 11.9. The second kappa shape index (κ2) is 10.0. The van der Waals surface area contributed by atoms with Crippen molar-refractivity contribution >= 4 is 21.8 Å². The zero-order chi connectivity index (χ0) is 17.4. The van der Waals surface area contributed by atoms with Gasteiger partial charge in [-0.15, -0.1) is 0 Å². The molecule has 0 aromatic heterocycles. The van der Waals surface area contributed by atoms with Gasteiger partial charge in [-0.1, -0.05) is 28.9 Å². The molecule has 1 unspecified atom stereocenters. The Morgan fingerprint density at radius 2 is 2.00 bits per heavy atom. The number of carbonyl (C=O) groups excluding carboxylic acids is 1. The van der Waals surface area contributed by atoms with Crippen LogP contribution in [0.25, 0.3) is 0 Å². The SMILES string of the molecule is CCC(C)NC(=O)CN1CCN(CCOc2cccc(Br)c2)CC1. The molecular formula is C18H28BrN3O2. The quantitative estimate of drug-likeness (QED) is 0.731. The third-order valence-electron chi connectivity index (χ3n) is 4.32. The van der Waals surface area contributed by atoms with Crippen LogP contribution in [0, 0.1) is 0 Å². The Morgan fingerprint density at radius 1 is 1.29 bits per heavy atom. The maximum absolute atomic E-state index is 11.9. The number of halogens is 1. The fourth-order valence-corrected chi connectivity index (χ4v) is 3.02. The average Bonchev–Trinajstić information content (AvgIpc) is 2.56. The van der Waals surface area contributed by atoms with Crippen molar-refractivity contribution in [3.63, 3.8) is 0 Å². The monoisotopic (exact) mass is 397 g/mol. The van der Waals surface area contributed by atoms with E-state index < -0.39 is 0 Å². The van der Waals surface area contributed by atoms with E-state index >= 15 is 0 Å². The summed E-state index contributed by atoms with van der Waals surface area (Å²) < 4.78 is 6.82. The van der Waals surface area contributed by atoms with Gasteiger partial charge in [0.15, 0.2) is 0 Å². The average molecular weight is 398 g/mol. The molecular weight excluding hydrogens is 370 g/mol. The van der Waals surface area contributed by atoms with Gasteiger partial charge in [-0.3, -0.25) is 14.6 Å². The van der Waals surface area contributed by atoms with Gasteiger partial charge in [0.25, 0.3) is 0 Å². The summed E-state index contributed by atoms with van der Waals surface area (Å²) in [4.78, 5) is 16.5. The van der Waals surface area contributed by atoms with Crippen LogP contribution in [0.5, 0.6) is 5.75 Å². The van der Waals surface area contributed by atoms with Gasteiger partial charge in [0.05, 0.1) is 6.54 Å². The molecule has 0 radical (unpaired) electrons. The van der Waals surface area contributed by atoms with E-state index in [4.69, 9.17) is 4.74 Å². The molecule has 0 bridgehead atoms. The molecule has 1 aliphatic rings. The molecule has 1 heterocycles. The number of ether oxygens (including phenoxy) is 1.